The number of alkyl halides is 3. The summed E-state index contributed by atoms with van der Waals surface area (Å²) in [6.45, 7) is 1.43. The molecule has 108 valence electrons. The Morgan fingerprint density at radius 3 is 2.35 bits per heavy atom. The summed E-state index contributed by atoms with van der Waals surface area (Å²) in [5.74, 6) is 0. The van der Waals surface area contributed by atoms with E-state index >= 15 is 0 Å². The highest BCUT2D eigenvalue weighted by molar-refractivity contribution is 7.92. The zero-order valence-corrected chi connectivity index (χ0v) is 12.1. The molecule has 0 bridgehead atoms. The highest BCUT2D eigenvalue weighted by atomic mass is 35.5. The van der Waals surface area contributed by atoms with E-state index in [1.54, 1.807) is 0 Å². The van der Waals surface area contributed by atoms with Crippen molar-refractivity contribution in [3.63, 3.8) is 0 Å². The molecule has 0 radical (unpaired) electrons. The van der Waals surface area contributed by atoms with Crippen LogP contribution >= 0.6 is 23.2 Å². The molecular weight excluding hydrogens is 338 g/mol. The summed E-state index contributed by atoms with van der Waals surface area (Å²) in [6, 6.07) is 3.14. The molecule has 20 heavy (non-hydrogen) atoms. The second-order valence-electron chi connectivity index (χ2n) is 3.98. The third-order valence-corrected chi connectivity index (χ3v) is 4.66. The Bertz CT molecular complexity index is 803. The predicted octanol–water partition coefficient (Wildman–Crippen LogP) is 4.14. The van der Waals surface area contributed by atoms with E-state index in [0.717, 1.165) is 12.1 Å². The molecule has 0 aliphatic heterocycles. The third-order valence-electron chi connectivity index (χ3n) is 2.63. The molecule has 1 heterocycles. The molecule has 0 aliphatic carbocycles. The molecule has 0 saturated carbocycles. The molecule has 0 N–H and O–H groups in total. The maximum absolute atomic E-state index is 12.7. The first-order valence-corrected chi connectivity index (χ1v) is 7.36. The monoisotopic (exact) mass is 343 g/mol. The molecule has 0 saturated heterocycles. The maximum atomic E-state index is 12.7. The van der Waals surface area contributed by atoms with Crippen LogP contribution in [0.25, 0.3) is 10.9 Å². The van der Waals surface area contributed by atoms with Crippen molar-refractivity contribution in [2.24, 2.45) is 0 Å². The standard InChI is InChI=1S/C11H6Cl2F3NO2S/c1-5-4-8(13)17-10-6(12)2-3-7(9(5)10)20(18,19)11(14,15)16/h2-4H,1H3. The highest BCUT2D eigenvalue weighted by Gasteiger charge is 2.47. The van der Waals surface area contributed by atoms with E-state index in [-0.39, 0.29) is 26.6 Å². The number of sulfone groups is 1. The van der Waals surface area contributed by atoms with Crippen molar-refractivity contribution in [2.75, 3.05) is 0 Å². The average molecular weight is 344 g/mol. The minimum absolute atomic E-state index is 0.0125. The number of hydrogen-bond acceptors (Lipinski definition) is 3. The first kappa shape index (κ1) is 15.3. The zero-order valence-electron chi connectivity index (χ0n) is 9.79. The van der Waals surface area contributed by atoms with Gasteiger partial charge in [-0.3, -0.25) is 0 Å². The number of aromatic nitrogens is 1. The minimum Gasteiger partial charge on any atom is -0.234 e. The number of rotatable bonds is 1. The summed E-state index contributed by atoms with van der Waals surface area (Å²) in [5.41, 5.74) is -5.24. The van der Waals surface area contributed by atoms with Crippen molar-refractivity contribution in [3.05, 3.63) is 33.9 Å². The average Bonchev–Trinajstić information content (AvgIpc) is 2.28. The van der Waals surface area contributed by atoms with Gasteiger partial charge in [0.2, 0.25) is 0 Å². The Morgan fingerprint density at radius 1 is 1.20 bits per heavy atom. The van der Waals surface area contributed by atoms with Crippen LogP contribution in [0.2, 0.25) is 10.2 Å². The van der Waals surface area contributed by atoms with Crippen LogP contribution in [-0.2, 0) is 9.84 Å². The van der Waals surface area contributed by atoms with E-state index in [1.165, 1.54) is 13.0 Å². The summed E-state index contributed by atoms with van der Waals surface area (Å²) in [6.07, 6.45) is 0. The van der Waals surface area contributed by atoms with E-state index < -0.39 is 20.2 Å². The van der Waals surface area contributed by atoms with E-state index in [4.69, 9.17) is 23.2 Å². The predicted molar refractivity (Wildman–Crippen MR) is 69.7 cm³/mol. The van der Waals surface area contributed by atoms with Crippen molar-refractivity contribution in [2.45, 2.75) is 17.3 Å². The fourth-order valence-corrected chi connectivity index (χ4v) is 3.25. The number of hydrogen-bond donors (Lipinski definition) is 0. The van der Waals surface area contributed by atoms with Crippen molar-refractivity contribution in [1.29, 1.82) is 0 Å². The Hall–Kier alpha value is -1.05. The molecule has 0 atom stereocenters. The van der Waals surface area contributed by atoms with Crippen LogP contribution < -0.4 is 0 Å². The summed E-state index contributed by atoms with van der Waals surface area (Å²) in [4.78, 5) is 2.91. The Balaban J connectivity index is 2.98. The number of benzene rings is 1. The van der Waals surface area contributed by atoms with Gasteiger partial charge in [-0.15, -0.1) is 0 Å². The van der Waals surface area contributed by atoms with Crippen LogP contribution in [0.15, 0.2) is 23.1 Å². The first-order valence-electron chi connectivity index (χ1n) is 5.12. The molecule has 1 aromatic heterocycles. The molecule has 1 aromatic carbocycles. The second-order valence-corrected chi connectivity index (χ2v) is 6.68. The van der Waals surface area contributed by atoms with Gasteiger partial charge in [-0.05, 0) is 30.7 Å². The van der Waals surface area contributed by atoms with Gasteiger partial charge in [0.25, 0.3) is 9.84 Å². The first-order chi connectivity index (χ1) is 9.05. The number of pyridine rings is 1. The lowest BCUT2D eigenvalue weighted by molar-refractivity contribution is -0.0435. The normalized spacial score (nSPS) is 12.9. The lowest BCUT2D eigenvalue weighted by atomic mass is 10.1. The molecule has 0 unspecified atom stereocenters. The topological polar surface area (TPSA) is 47.0 Å². The van der Waals surface area contributed by atoms with Crippen molar-refractivity contribution >= 4 is 43.9 Å². The van der Waals surface area contributed by atoms with Crippen LogP contribution in [0.3, 0.4) is 0 Å². The molecule has 0 fully saturated rings. The van der Waals surface area contributed by atoms with Crippen LogP contribution in [0, 0.1) is 6.92 Å². The van der Waals surface area contributed by atoms with Crippen molar-refractivity contribution in [3.8, 4) is 0 Å². The van der Waals surface area contributed by atoms with Gasteiger partial charge >= 0.3 is 5.51 Å². The zero-order chi connectivity index (χ0) is 15.3. The van der Waals surface area contributed by atoms with Crippen LogP contribution in [0.4, 0.5) is 13.2 Å². The largest absolute Gasteiger partial charge is 0.501 e. The van der Waals surface area contributed by atoms with Gasteiger partial charge in [0.15, 0.2) is 0 Å². The van der Waals surface area contributed by atoms with E-state index in [9.17, 15) is 21.6 Å². The highest BCUT2D eigenvalue weighted by Crippen LogP contribution is 2.37. The quantitative estimate of drug-likeness (QED) is 0.731. The summed E-state index contributed by atoms with van der Waals surface area (Å²) in [7, 11) is -5.50. The molecule has 0 aliphatic rings. The van der Waals surface area contributed by atoms with Gasteiger partial charge in [-0.2, -0.15) is 13.2 Å². The SMILES string of the molecule is Cc1cc(Cl)nc2c(Cl)ccc(S(=O)(=O)C(F)(F)F)c12. The lowest BCUT2D eigenvalue weighted by Gasteiger charge is -2.13. The molecular formula is C11H6Cl2F3NO2S. The van der Waals surface area contributed by atoms with Gasteiger partial charge in [0.1, 0.15) is 5.15 Å². The lowest BCUT2D eigenvalue weighted by Crippen LogP contribution is -2.23. The van der Waals surface area contributed by atoms with E-state index in [1.807, 2.05) is 0 Å². The molecule has 2 rings (SSSR count). The van der Waals surface area contributed by atoms with E-state index in [2.05, 4.69) is 4.98 Å². The van der Waals surface area contributed by atoms with Crippen LogP contribution in [-0.4, -0.2) is 18.9 Å². The molecule has 0 spiro atoms. The summed E-state index contributed by atoms with van der Waals surface area (Å²) in [5, 5.41) is -0.149. The maximum Gasteiger partial charge on any atom is 0.501 e. The molecule has 2 aromatic rings. The molecule has 3 nitrogen and oxygen atoms in total. The third kappa shape index (κ3) is 2.34. The summed E-state index contributed by atoms with van der Waals surface area (Å²) >= 11 is 11.6. The van der Waals surface area contributed by atoms with Gasteiger partial charge in [-0.1, -0.05) is 23.2 Å². The van der Waals surface area contributed by atoms with E-state index in [0.29, 0.717) is 0 Å². The molecule has 0 amide bonds. The van der Waals surface area contributed by atoms with Crippen molar-refractivity contribution in [1.82, 2.24) is 4.98 Å². The minimum atomic E-state index is -5.50. The summed E-state index contributed by atoms with van der Waals surface area (Å²) < 4.78 is 61.2. The Kier molecular flexibility index (Phi) is 3.64. The van der Waals surface area contributed by atoms with Gasteiger partial charge < -0.3 is 0 Å². The smallest absolute Gasteiger partial charge is 0.234 e. The van der Waals surface area contributed by atoms with Gasteiger partial charge in [0, 0.05) is 5.39 Å². The fourth-order valence-electron chi connectivity index (χ4n) is 1.78. The van der Waals surface area contributed by atoms with Gasteiger partial charge in [-0.25, -0.2) is 13.4 Å². The van der Waals surface area contributed by atoms with Crippen LogP contribution in [0.1, 0.15) is 5.56 Å². The Morgan fingerprint density at radius 2 is 1.80 bits per heavy atom. The van der Waals surface area contributed by atoms with Crippen molar-refractivity contribution < 1.29 is 21.6 Å². The fraction of sp³-hybridized carbons (Fsp3) is 0.182. The van der Waals surface area contributed by atoms with Gasteiger partial charge in [0.05, 0.1) is 15.4 Å². The Labute approximate surface area is 122 Å². The number of nitrogens with zero attached hydrogens (tertiary/aromatic N) is 1. The number of fused-ring (bicyclic) bond motifs is 1. The molecule has 9 heteroatoms. The second kappa shape index (κ2) is 4.75. The number of halogens is 5. The van der Waals surface area contributed by atoms with Crippen LogP contribution in [0.5, 0.6) is 0 Å². The number of aryl methyl sites for hydroxylation is 1.